The van der Waals surface area contributed by atoms with Crippen LogP contribution in [0, 0.1) is 6.92 Å². The van der Waals surface area contributed by atoms with Gasteiger partial charge in [-0.3, -0.25) is 10.1 Å². The number of hydrogen-bond donors (Lipinski definition) is 1. The quantitative estimate of drug-likeness (QED) is 0.843. The van der Waals surface area contributed by atoms with Crippen molar-refractivity contribution >= 4 is 33.7 Å². The molecular formula is C15H21N3OS2. The summed E-state index contributed by atoms with van der Waals surface area (Å²) in [5.41, 5.74) is 1.82. The minimum absolute atomic E-state index is 0.0996. The molecule has 0 aliphatic carbocycles. The highest BCUT2D eigenvalue weighted by molar-refractivity contribution is 7.15. The zero-order valence-electron chi connectivity index (χ0n) is 12.9. The van der Waals surface area contributed by atoms with Crippen LogP contribution in [0.2, 0.25) is 0 Å². The average molecular weight is 323 g/mol. The van der Waals surface area contributed by atoms with Gasteiger partial charge in [-0.25, -0.2) is 9.97 Å². The Bertz CT molecular complexity index is 616. The number of rotatable bonds is 6. The fourth-order valence-corrected chi connectivity index (χ4v) is 3.73. The Morgan fingerprint density at radius 2 is 2.14 bits per heavy atom. The third-order valence-corrected chi connectivity index (χ3v) is 5.12. The summed E-state index contributed by atoms with van der Waals surface area (Å²) in [6, 6.07) is 0. The number of aryl methyl sites for hydroxylation is 2. The summed E-state index contributed by atoms with van der Waals surface area (Å²) in [5, 5.41) is 6.58. The van der Waals surface area contributed by atoms with Gasteiger partial charge in [-0.05, 0) is 25.7 Å². The van der Waals surface area contributed by atoms with Gasteiger partial charge in [0.25, 0.3) is 5.91 Å². The number of unbranched alkanes of at least 4 members (excludes halogenated alkanes) is 1. The van der Waals surface area contributed by atoms with Crippen LogP contribution in [0.5, 0.6) is 0 Å². The largest absolute Gasteiger partial charge is 0.297 e. The maximum atomic E-state index is 12.3. The van der Waals surface area contributed by atoms with Crippen LogP contribution in [0.15, 0.2) is 5.38 Å². The van der Waals surface area contributed by atoms with Gasteiger partial charge in [0.05, 0.1) is 16.4 Å². The molecule has 0 atom stereocenters. The van der Waals surface area contributed by atoms with Crippen molar-refractivity contribution in [2.24, 2.45) is 0 Å². The predicted octanol–water partition coefficient (Wildman–Crippen LogP) is 4.63. The minimum atomic E-state index is -0.0996. The number of nitrogens with zero attached hydrogens (tertiary/aromatic N) is 2. The molecule has 0 unspecified atom stereocenters. The smallest absolute Gasteiger partial charge is 0.269 e. The van der Waals surface area contributed by atoms with Crippen LogP contribution in [0.3, 0.4) is 0 Å². The number of carbonyl (C=O) groups excluding carboxylic acids is 1. The van der Waals surface area contributed by atoms with E-state index in [9.17, 15) is 4.79 Å². The first kappa shape index (κ1) is 16.1. The first-order chi connectivity index (χ1) is 10.0. The molecule has 0 radical (unpaired) electrons. The zero-order valence-corrected chi connectivity index (χ0v) is 14.5. The van der Waals surface area contributed by atoms with Crippen LogP contribution >= 0.6 is 22.7 Å². The zero-order chi connectivity index (χ0) is 15.4. The molecule has 0 aliphatic heterocycles. The van der Waals surface area contributed by atoms with Gasteiger partial charge >= 0.3 is 0 Å². The molecule has 2 rings (SSSR count). The molecule has 21 heavy (non-hydrogen) atoms. The van der Waals surface area contributed by atoms with Crippen molar-refractivity contribution in [2.45, 2.75) is 52.9 Å². The number of anilines is 1. The SMILES string of the molecule is CCCCc1nc(C)c(C(=O)Nc2nc(C(C)C)cs2)s1. The van der Waals surface area contributed by atoms with E-state index in [0.717, 1.165) is 35.7 Å². The average Bonchev–Trinajstić information content (AvgIpc) is 3.03. The topological polar surface area (TPSA) is 54.9 Å². The van der Waals surface area contributed by atoms with Crippen molar-refractivity contribution in [1.82, 2.24) is 9.97 Å². The van der Waals surface area contributed by atoms with Gasteiger partial charge in [-0.2, -0.15) is 0 Å². The number of thiazole rings is 2. The Kier molecular flexibility index (Phi) is 5.47. The Morgan fingerprint density at radius 3 is 2.76 bits per heavy atom. The molecule has 114 valence electrons. The monoisotopic (exact) mass is 323 g/mol. The van der Waals surface area contributed by atoms with Crippen LogP contribution in [0.1, 0.15) is 65.6 Å². The Balaban J connectivity index is 2.07. The fourth-order valence-electron chi connectivity index (χ4n) is 1.86. The lowest BCUT2D eigenvalue weighted by atomic mass is 10.2. The van der Waals surface area contributed by atoms with Crippen molar-refractivity contribution in [3.05, 3.63) is 26.7 Å². The van der Waals surface area contributed by atoms with Crippen molar-refractivity contribution in [2.75, 3.05) is 5.32 Å². The predicted molar refractivity (Wildman–Crippen MR) is 89.6 cm³/mol. The Morgan fingerprint density at radius 1 is 1.38 bits per heavy atom. The molecule has 2 aromatic heterocycles. The molecule has 0 spiro atoms. The summed E-state index contributed by atoms with van der Waals surface area (Å²) < 4.78 is 0. The van der Waals surface area contributed by atoms with E-state index in [-0.39, 0.29) is 5.91 Å². The van der Waals surface area contributed by atoms with Gasteiger partial charge in [0.2, 0.25) is 0 Å². The van der Waals surface area contributed by atoms with Crippen molar-refractivity contribution < 1.29 is 4.79 Å². The highest BCUT2D eigenvalue weighted by atomic mass is 32.1. The summed E-state index contributed by atoms with van der Waals surface area (Å²) >= 11 is 2.96. The summed E-state index contributed by atoms with van der Waals surface area (Å²) in [4.78, 5) is 21.9. The van der Waals surface area contributed by atoms with Crippen LogP contribution in [0.4, 0.5) is 5.13 Å². The number of aromatic nitrogens is 2. The molecule has 2 heterocycles. The van der Waals surface area contributed by atoms with Crippen molar-refractivity contribution in [1.29, 1.82) is 0 Å². The van der Waals surface area contributed by atoms with E-state index in [1.165, 1.54) is 22.7 Å². The molecule has 0 aromatic carbocycles. The molecular weight excluding hydrogens is 302 g/mol. The molecule has 0 saturated carbocycles. The number of nitrogens with one attached hydrogen (secondary N) is 1. The van der Waals surface area contributed by atoms with Crippen LogP contribution in [-0.4, -0.2) is 15.9 Å². The van der Waals surface area contributed by atoms with Crippen molar-refractivity contribution in [3.63, 3.8) is 0 Å². The normalized spacial score (nSPS) is 11.1. The second-order valence-electron chi connectivity index (χ2n) is 5.31. The van der Waals surface area contributed by atoms with E-state index in [2.05, 4.69) is 36.1 Å². The summed E-state index contributed by atoms with van der Waals surface area (Å²) in [6.45, 7) is 8.23. The lowest BCUT2D eigenvalue weighted by molar-refractivity contribution is 0.103. The summed E-state index contributed by atoms with van der Waals surface area (Å²) in [7, 11) is 0. The van der Waals surface area contributed by atoms with E-state index < -0.39 is 0 Å². The lowest BCUT2D eigenvalue weighted by Crippen LogP contribution is -2.11. The van der Waals surface area contributed by atoms with Gasteiger partial charge in [0, 0.05) is 5.38 Å². The van der Waals surface area contributed by atoms with E-state index in [1.54, 1.807) is 0 Å². The fraction of sp³-hybridized carbons (Fsp3) is 0.533. The maximum absolute atomic E-state index is 12.3. The van der Waals surface area contributed by atoms with Crippen molar-refractivity contribution in [3.8, 4) is 0 Å². The molecule has 0 aliphatic rings. The summed E-state index contributed by atoms with van der Waals surface area (Å²) in [5.74, 6) is 0.273. The Labute approximate surface area is 133 Å². The molecule has 0 bridgehead atoms. The van der Waals surface area contributed by atoms with Gasteiger partial charge in [-0.1, -0.05) is 27.2 Å². The molecule has 0 fully saturated rings. The molecule has 2 aromatic rings. The van der Waals surface area contributed by atoms with Crippen LogP contribution in [0.25, 0.3) is 0 Å². The molecule has 4 nitrogen and oxygen atoms in total. The molecule has 1 amide bonds. The molecule has 6 heteroatoms. The standard InChI is InChI=1S/C15H21N3OS2/c1-5-6-7-12-16-10(4)13(21-12)14(19)18-15-17-11(8-20-15)9(2)3/h8-9H,5-7H2,1-4H3,(H,17,18,19). The lowest BCUT2D eigenvalue weighted by Gasteiger charge is -2.00. The highest BCUT2D eigenvalue weighted by Gasteiger charge is 2.17. The van der Waals surface area contributed by atoms with E-state index >= 15 is 0 Å². The van der Waals surface area contributed by atoms with Gasteiger partial charge < -0.3 is 0 Å². The highest BCUT2D eigenvalue weighted by Crippen LogP contribution is 2.24. The minimum Gasteiger partial charge on any atom is -0.297 e. The van der Waals surface area contributed by atoms with Gasteiger partial charge in [-0.15, -0.1) is 22.7 Å². The van der Waals surface area contributed by atoms with Crippen LogP contribution in [-0.2, 0) is 6.42 Å². The van der Waals surface area contributed by atoms with E-state index in [1.807, 2.05) is 12.3 Å². The first-order valence-electron chi connectivity index (χ1n) is 7.24. The number of hydrogen-bond acceptors (Lipinski definition) is 5. The number of amides is 1. The Hall–Kier alpha value is -1.27. The van der Waals surface area contributed by atoms with E-state index in [0.29, 0.717) is 15.9 Å². The summed E-state index contributed by atoms with van der Waals surface area (Å²) in [6.07, 6.45) is 3.19. The third-order valence-electron chi connectivity index (χ3n) is 3.13. The van der Waals surface area contributed by atoms with E-state index in [4.69, 9.17) is 0 Å². The second-order valence-corrected chi connectivity index (χ2v) is 7.25. The third kappa shape index (κ3) is 4.11. The maximum Gasteiger partial charge on any atom is 0.269 e. The van der Waals surface area contributed by atoms with Gasteiger partial charge in [0.15, 0.2) is 5.13 Å². The molecule has 0 saturated heterocycles. The molecule has 1 N–H and O–H groups in total. The van der Waals surface area contributed by atoms with Crippen LogP contribution < -0.4 is 5.32 Å². The first-order valence-corrected chi connectivity index (χ1v) is 8.94. The van der Waals surface area contributed by atoms with Gasteiger partial charge in [0.1, 0.15) is 4.88 Å². The number of carbonyl (C=O) groups is 1. The second kappa shape index (κ2) is 7.13.